The van der Waals surface area contributed by atoms with Crippen molar-refractivity contribution in [2.75, 3.05) is 31.3 Å². The van der Waals surface area contributed by atoms with Gasteiger partial charge in [-0.3, -0.25) is 0 Å². The summed E-state index contributed by atoms with van der Waals surface area (Å²) in [5, 5.41) is 2.95. The third-order valence-electron chi connectivity index (χ3n) is 2.97. The molecule has 0 aliphatic carbocycles. The zero-order valence-electron chi connectivity index (χ0n) is 10.4. The second kappa shape index (κ2) is 4.51. The Labute approximate surface area is 106 Å². The van der Waals surface area contributed by atoms with Crippen LogP contribution < -0.4 is 5.32 Å². The molecule has 1 aromatic carbocycles. The van der Waals surface area contributed by atoms with Crippen LogP contribution in [0.2, 0.25) is 0 Å². The van der Waals surface area contributed by atoms with Gasteiger partial charge >= 0.3 is 0 Å². The van der Waals surface area contributed by atoms with E-state index in [-0.39, 0.29) is 16.0 Å². The van der Waals surface area contributed by atoms with E-state index < -0.39 is 15.7 Å². The minimum Gasteiger partial charge on any atom is -0.382 e. The van der Waals surface area contributed by atoms with Gasteiger partial charge in [-0.2, -0.15) is 0 Å². The highest BCUT2D eigenvalue weighted by Gasteiger charge is 2.33. The van der Waals surface area contributed by atoms with Crippen LogP contribution in [0.3, 0.4) is 0 Å². The average Bonchev–Trinajstić information content (AvgIpc) is 2.24. The molecule has 100 valence electrons. The maximum absolute atomic E-state index is 13.6. The number of halogens is 1. The van der Waals surface area contributed by atoms with Crippen LogP contribution in [-0.2, 0) is 14.6 Å². The van der Waals surface area contributed by atoms with Crippen LogP contribution in [0.4, 0.5) is 10.1 Å². The Bertz CT molecular complexity index is 552. The monoisotopic (exact) mass is 273 g/mol. The van der Waals surface area contributed by atoms with E-state index in [0.29, 0.717) is 19.8 Å². The van der Waals surface area contributed by atoms with Crippen molar-refractivity contribution in [3.8, 4) is 0 Å². The van der Waals surface area contributed by atoms with E-state index >= 15 is 0 Å². The summed E-state index contributed by atoms with van der Waals surface area (Å²) in [5.74, 6) is -0.453. The summed E-state index contributed by atoms with van der Waals surface area (Å²) >= 11 is 0. The molecule has 0 unspecified atom stereocenters. The van der Waals surface area contributed by atoms with E-state index in [2.05, 4.69) is 5.32 Å². The highest BCUT2D eigenvalue weighted by molar-refractivity contribution is 7.90. The van der Waals surface area contributed by atoms with Gasteiger partial charge < -0.3 is 10.1 Å². The zero-order valence-corrected chi connectivity index (χ0v) is 11.2. The molecule has 1 fully saturated rings. The molecule has 0 aromatic heterocycles. The Morgan fingerprint density at radius 1 is 1.44 bits per heavy atom. The highest BCUT2D eigenvalue weighted by atomic mass is 32.2. The van der Waals surface area contributed by atoms with Crippen LogP contribution in [0.5, 0.6) is 0 Å². The van der Waals surface area contributed by atoms with Gasteiger partial charge in [0.15, 0.2) is 9.84 Å². The van der Waals surface area contributed by atoms with Crippen molar-refractivity contribution >= 4 is 15.5 Å². The minimum atomic E-state index is -3.32. The van der Waals surface area contributed by atoms with Gasteiger partial charge in [-0.05, 0) is 18.2 Å². The molecule has 6 heteroatoms. The lowest BCUT2D eigenvalue weighted by Crippen LogP contribution is -2.45. The number of ether oxygens (including phenoxy) is 1. The van der Waals surface area contributed by atoms with Gasteiger partial charge in [-0.25, -0.2) is 12.8 Å². The van der Waals surface area contributed by atoms with Gasteiger partial charge in [0.25, 0.3) is 0 Å². The Balaban J connectivity index is 2.16. The number of nitrogens with one attached hydrogen (secondary N) is 1. The van der Waals surface area contributed by atoms with E-state index in [1.807, 2.05) is 6.92 Å². The van der Waals surface area contributed by atoms with Gasteiger partial charge in [0.2, 0.25) is 0 Å². The molecule has 1 saturated heterocycles. The normalized spacial score (nSPS) is 18.2. The average molecular weight is 273 g/mol. The molecule has 4 nitrogen and oxygen atoms in total. The van der Waals surface area contributed by atoms with E-state index in [1.54, 1.807) is 0 Å². The third-order valence-corrected chi connectivity index (χ3v) is 4.08. The summed E-state index contributed by atoms with van der Waals surface area (Å²) in [4.78, 5) is 0.112. The quantitative estimate of drug-likeness (QED) is 0.848. The van der Waals surface area contributed by atoms with Gasteiger partial charge in [0.1, 0.15) is 5.82 Å². The molecule has 0 radical (unpaired) electrons. The van der Waals surface area contributed by atoms with Crippen LogP contribution in [0.15, 0.2) is 23.1 Å². The first kappa shape index (κ1) is 13.3. The molecule has 1 aliphatic heterocycles. The molecule has 1 aliphatic rings. The molecular weight excluding hydrogens is 257 g/mol. The molecule has 0 atom stereocenters. The topological polar surface area (TPSA) is 55.4 Å². The molecular formula is C12H16FNO3S. The summed E-state index contributed by atoms with van der Waals surface area (Å²) in [6, 6.07) is 3.76. The SMILES string of the molecule is CC1(CNc2cc(S(C)(=O)=O)ccc2F)COC1. The Morgan fingerprint density at radius 3 is 2.61 bits per heavy atom. The van der Waals surface area contributed by atoms with Crippen LogP contribution >= 0.6 is 0 Å². The first-order chi connectivity index (χ1) is 8.30. The van der Waals surface area contributed by atoms with Crippen molar-refractivity contribution in [1.29, 1.82) is 0 Å². The van der Waals surface area contributed by atoms with Crippen LogP contribution in [-0.4, -0.2) is 34.4 Å². The minimum absolute atomic E-state index is 0.00641. The number of anilines is 1. The van der Waals surface area contributed by atoms with Crippen LogP contribution in [0.25, 0.3) is 0 Å². The molecule has 0 amide bonds. The Morgan fingerprint density at radius 2 is 2.11 bits per heavy atom. The Kier molecular flexibility index (Phi) is 3.33. The number of hydrogen-bond acceptors (Lipinski definition) is 4. The highest BCUT2D eigenvalue weighted by Crippen LogP contribution is 2.28. The van der Waals surface area contributed by atoms with E-state index in [1.165, 1.54) is 18.2 Å². The second-order valence-corrected chi connectivity index (χ2v) is 7.09. The van der Waals surface area contributed by atoms with E-state index in [4.69, 9.17) is 4.74 Å². The van der Waals surface area contributed by atoms with Gasteiger partial charge in [0, 0.05) is 18.2 Å². The Hall–Kier alpha value is -1.14. The van der Waals surface area contributed by atoms with Gasteiger partial charge in [-0.15, -0.1) is 0 Å². The predicted octanol–water partition coefficient (Wildman–Crippen LogP) is 1.68. The summed E-state index contributed by atoms with van der Waals surface area (Å²) in [7, 11) is -3.32. The number of hydrogen-bond donors (Lipinski definition) is 1. The van der Waals surface area contributed by atoms with Crippen LogP contribution in [0.1, 0.15) is 6.92 Å². The maximum Gasteiger partial charge on any atom is 0.175 e. The van der Waals surface area contributed by atoms with Crippen molar-refractivity contribution in [2.24, 2.45) is 5.41 Å². The molecule has 0 spiro atoms. The first-order valence-electron chi connectivity index (χ1n) is 5.61. The number of rotatable bonds is 4. The van der Waals surface area contributed by atoms with E-state index in [9.17, 15) is 12.8 Å². The summed E-state index contributed by atoms with van der Waals surface area (Å²) in [5.41, 5.74) is 0.208. The lowest BCUT2D eigenvalue weighted by Gasteiger charge is -2.38. The fraction of sp³-hybridized carbons (Fsp3) is 0.500. The summed E-state index contributed by atoms with van der Waals surface area (Å²) < 4.78 is 41.5. The number of benzene rings is 1. The molecule has 1 heterocycles. The lowest BCUT2D eigenvalue weighted by atomic mass is 9.89. The van der Waals surface area contributed by atoms with Crippen molar-refractivity contribution in [2.45, 2.75) is 11.8 Å². The maximum atomic E-state index is 13.6. The molecule has 1 N–H and O–H groups in total. The fourth-order valence-electron chi connectivity index (χ4n) is 1.73. The molecule has 18 heavy (non-hydrogen) atoms. The standard InChI is InChI=1S/C12H16FNO3S/c1-12(7-17-8-12)6-14-11-5-9(18(2,15)16)3-4-10(11)13/h3-5,14H,6-8H2,1-2H3. The third kappa shape index (κ3) is 2.81. The zero-order chi connectivity index (χ0) is 13.4. The van der Waals surface area contributed by atoms with Gasteiger partial charge in [0.05, 0.1) is 23.8 Å². The smallest absolute Gasteiger partial charge is 0.175 e. The number of sulfone groups is 1. The molecule has 0 bridgehead atoms. The molecule has 1 aromatic rings. The lowest BCUT2D eigenvalue weighted by molar-refractivity contribution is -0.0924. The van der Waals surface area contributed by atoms with Crippen LogP contribution in [0, 0.1) is 11.2 Å². The van der Waals surface area contributed by atoms with Gasteiger partial charge in [-0.1, -0.05) is 6.92 Å². The molecule has 0 saturated carbocycles. The van der Waals surface area contributed by atoms with Crippen molar-refractivity contribution < 1.29 is 17.5 Å². The van der Waals surface area contributed by atoms with Crippen molar-refractivity contribution in [3.05, 3.63) is 24.0 Å². The second-order valence-electron chi connectivity index (χ2n) is 5.07. The summed E-state index contributed by atoms with van der Waals surface area (Å²) in [6.07, 6.45) is 1.10. The largest absolute Gasteiger partial charge is 0.382 e. The fourth-order valence-corrected chi connectivity index (χ4v) is 2.38. The van der Waals surface area contributed by atoms with E-state index in [0.717, 1.165) is 6.26 Å². The molecule has 2 rings (SSSR count). The van der Waals surface area contributed by atoms with Crippen molar-refractivity contribution in [1.82, 2.24) is 0 Å². The predicted molar refractivity (Wildman–Crippen MR) is 66.9 cm³/mol. The van der Waals surface area contributed by atoms with Crippen molar-refractivity contribution in [3.63, 3.8) is 0 Å². The summed E-state index contributed by atoms with van der Waals surface area (Å²) in [6.45, 7) is 3.85. The first-order valence-corrected chi connectivity index (χ1v) is 7.51.